The predicted octanol–water partition coefficient (Wildman–Crippen LogP) is 5.62. The van der Waals surface area contributed by atoms with Gasteiger partial charge < -0.3 is 19.1 Å². The van der Waals surface area contributed by atoms with E-state index < -0.39 is 6.10 Å². The fourth-order valence-electron chi connectivity index (χ4n) is 4.91. The molecule has 2 aliphatic rings. The first kappa shape index (κ1) is 23.3. The second-order valence-corrected chi connectivity index (χ2v) is 10.3. The summed E-state index contributed by atoms with van der Waals surface area (Å²) in [5.74, 6) is 2.10. The third-order valence-corrected chi connectivity index (χ3v) is 7.73. The van der Waals surface area contributed by atoms with Crippen molar-refractivity contribution in [2.24, 2.45) is 5.41 Å². The smallest absolute Gasteiger partial charge is 0.162 e. The van der Waals surface area contributed by atoms with Gasteiger partial charge in [0.25, 0.3) is 0 Å². The molecule has 2 saturated heterocycles. The molecule has 1 N–H and O–H groups in total. The molecule has 1 unspecified atom stereocenters. The molecule has 0 bridgehead atoms. The van der Waals surface area contributed by atoms with E-state index >= 15 is 0 Å². The molecule has 0 radical (unpaired) electrons. The van der Waals surface area contributed by atoms with Crippen molar-refractivity contribution < 1.29 is 14.2 Å². The van der Waals surface area contributed by atoms with Crippen LogP contribution in [0.2, 0.25) is 10.0 Å². The zero-order chi connectivity index (χ0) is 25.0. The van der Waals surface area contributed by atoms with E-state index in [0.717, 1.165) is 54.3 Å². The van der Waals surface area contributed by atoms with Crippen LogP contribution in [0.1, 0.15) is 24.3 Å². The lowest BCUT2D eigenvalue weighted by molar-refractivity contribution is -0.127. The average Bonchev–Trinajstić information content (AvgIpc) is 3.22. The normalized spacial score (nSPS) is 17.1. The first-order chi connectivity index (χ1) is 17.4. The summed E-state index contributed by atoms with van der Waals surface area (Å²) in [5, 5.41) is 9.49. The number of aromatic nitrogens is 4. The highest BCUT2D eigenvalue weighted by atomic mass is 35.5. The number of aryl methyl sites for hydroxylation is 1. The molecule has 1 aromatic carbocycles. The number of aromatic amines is 1. The second-order valence-electron chi connectivity index (χ2n) is 9.55. The largest absolute Gasteiger partial charge is 0.493 e. The number of pyridine rings is 2. The standard InChI is InChI=1S/C26H25Cl2N5O3/c1-14-24(28)23(18(27)9-29-14)15(2)36-21-6-17-19(7-20(21)34-3)31-32-25(17)16-4-5-22(30-8-16)33-10-26(11-33)12-35-13-26/h4-9,15H,10-13H2,1-3H3,(H,31,32). The predicted molar refractivity (Wildman–Crippen MR) is 139 cm³/mol. The fraction of sp³-hybridized carbons (Fsp3) is 0.346. The van der Waals surface area contributed by atoms with E-state index in [9.17, 15) is 0 Å². The van der Waals surface area contributed by atoms with Crippen molar-refractivity contribution in [3.05, 3.63) is 58.0 Å². The molecule has 0 aliphatic carbocycles. The number of fused-ring (bicyclic) bond motifs is 1. The van der Waals surface area contributed by atoms with Crippen LogP contribution in [0.4, 0.5) is 5.82 Å². The van der Waals surface area contributed by atoms with Gasteiger partial charge in [0.1, 0.15) is 17.6 Å². The molecule has 3 aromatic heterocycles. The Bertz CT molecular complexity index is 1440. The molecule has 2 aliphatic heterocycles. The van der Waals surface area contributed by atoms with Crippen molar-refractivity contribution >= 4 is 39.9 Å². The van der Waals surface area contributed by atoms with E-state index in [1.54, 1.807) is 13.3 Å². The van der Waals surface area contributed by atoms with Gasteiger partial charge in [0.05, 0.1) is 47.0 Å². The Morgan fingerprint density at radius 2 is 1.92 bits per heavy atom. The van der Waals surface area contributed by atoms with Gasteiger partial charge in [-0.2, -0.15) is 5.10 Å². The summed E-state index contributed by atoms with van der Waals surface area (Å²) in [5.41, 5.74) is 4.24. The summed E-state index contributed by atoms with van der Waals surface area (Å²) in [7, 11) is 1.60. The van der Waals surface area contributed by atoms with Crippen molar-refractivity contribution in [3.63, 3.8) is 0 Å². The number of ether oxygens (including phenoxy) is 3. The number of methoxy groups -OCH3 is 1. The van der Waals surface area contributed by atoms with E-state index in [4.69, 9.17) is 42.4 Å². The Morgan fingerprint density at radius 1 is 1.11 bits per heavy atom. The second kappa shape index (κ2) is 8.80. The first-order valence-electron chi connectivity index (χ1n) is 11.7. The van der Waals surface area contributed by atoms with Crippen LogP contribution in [0.3, 0.4) is 0 Å². The highest BCUT2D eigenvalue weighted by molar-refractivity contribution is 6.36. The molecule has 4 aromatic rings. The maximum atomic E-state index is 6.50. The molecule has 0 amide bonds. The topological polar surface area (TPSA) is 85.4 Å². The van der Waals surface area contributed by atoms with Crippen molar-refractivity contribution in [2.45, 2.75) is 20.0 Å². The van der Waals surface area contributed by atoms with Crippen LogP contribution in [-0.4, -0.2) is 53.6 Å². The molecular formula is C26H25Cl2N5O3. The molecule has 8 nitrogen and oxygen atoms in total. The van der Waals surface area contributed by atoms with Crippen LogP contribution in [0.15, 0.2) is 36.7 Å². The Labute approximate surface area is 218 Å². The summed E-state index contributed by atoms with van der Waals surface area (Å²) in [6.07, 6.45) is 3.01. The maximum Gasteiger partial charge on any atom is 0.162 e. The molecule has 0 saturated carbocycles. The molecule has 1 atom stereocenters. The number of benzene rings is 1. The van der Waals surface area contributed by atoms with Gasteiger partial charge in [-0.3, -0.25) is 10.1 Å². The number of nitrogens with zero attached hydrogens (tertiary/aromatic N) is 4. The molecule has 1 spiro atoms. The van der Waals surface area contributed by atoms with Gasteiger partial charge in [-0.15, -0.1) is 0 Å². The van der Waals surface area contributed by atoms with Gasteiger partial charge in [0.15, 0.2) is 11.5 Å². The summed E-state index contributed by atoms with van der Waals surface area (Å²) >= 11 is 12.9. The Kier molecular flexibility index (Phi) is 5.70. The van der Waals surface area contributed by atoms with Crippen LogP contribution in [-0.2, 0) is 4.74 Å². The monoisotopic (exact) mass is 525 g/mol. The molecular weight excluding hydrogens is 501 g/mol. The van der Waals surface area contributed by atoms with Crippen LogP contribution in [0.25, 0.3) is 22.2 Å². The maximum absolute atomic E-state index is 6.50. The quantitative estimate of drug-likeness (QED) is 0.349. The summed E-state index contributed by atoms with van der Waals surface area (Å²) in [6, 6.07) is 7.88. The Hall–Kier alpha value is -3.07. The number of rotatable bonds is 6. The van der Waals surface area contributed by atoms with Crippen molar-refractivity contribution in [1.82, 2.24) is 20.2 Å². The summed E-state index contributed by atoms with van der Waals surface area (Å²) < 4.78 is 17.3. The van der Waals surface area contributed by atoms with E-state index in [1.807, 2.05) is 44.3 Å². The van der Waals surface area contributed by atoms with Gasteiger partial charge in [-0.25, -0.2) is 4.98 Å². The van der Waals surface area contributed by atoms with Gasteiger partial charge in [0, 0.05) is 48.1 Å². The third-order valence-electron chi connectivity index (χ3n) is 6.95. The van der Waals surface area contributed by atoms with Crippen LogP contribution in [0, 0.1) is 12.3 Å². The lowest BCUT2D eigenvalue weighted by atomic mass is 9.78. The first-order valence-corrected chi connectivity index (χ1v) is 12.5. The highest BCUT2D eigenvalue weighted by Gasteiger charge is 2.49. The minimum Gasteiger partial charge on any atom is -0.493 e. The number of nitrogens with one attached hydrogen (secondary N) is 1. The van der Waals surface area contributed by atoms with Crippen molar-refractivity contribution in [1.29, 1.82) is 0 Å². The molecule has 186 valence electrons. The fourth-order valence-corrected chi connectivity index (χ4v) is 5.56. The third kappa shape index (κ3) is 3.84. The van der Waals surface area contributed by atoms with Crippen molar-refractivity contribution in [3.8, 4) is 22.8 Å². The van der Waals surface area contributed by atoms with Crippen LogP contribution in [0.5, 0.6) is 11.5 Å². The van der Waals surface area contributed by atoms with Gasteiger partial charge in [-0.05, 0) is 32.0 Å². The van der Waals surface area contributed by atoms with E-state index in [-0.39, 0.29) is 0 Å². The number of halogens is 2. The lowest BCUT2D eigenvalue weighted by Gasteiger charge is -2.55. The van der Waals surface area contributed by atoms with Crippen LogP contribution < -0.4 is 14.4 Å². The number of hydrogen-bond donors (Lipinski definition) is 1. The molecule has 10 heteroatoms. The highest BCUT2D eigenvalue weighted by Crippen LogP contribution is 2.42. The van der Waals surface area contributed by atoms with Crippen molar-refractivity contribution in [2.75, 3.05) is 38.3 Å². The van der Waals surface area contributed by atoms with E-state index in [0.29, 0.717) is 38.2 Å². The lowest BCUT2D eigenvalue weighted by Crippen LogP contribution is -2.66. The Balaban J connectivity index is 1.30. The van der Waals surface area contributed by atoms with E-state index in [2.05, 4.69) is 20.1 Å². The molecule has 5 heterocycles. The van der Waals surface area contributed by atoms with Crippen LogP contribution >= 0.6 is 23.2 Å². The molecule has 2 fully saturated rings. The SMILES string of the molecule is COc1cc2[nH]nc(-c3ccc(N4CC5(COC5)C4)nc3)c2cc1OC(C)c1c(Cl)cnc(C)c1Cl. The zero-order valence-corrected chi connectivity index (χ0v) is 21.7. The van der Waals surface area contributed by atoms with E-state index in [1.165, 1.54) is 0 Å². The van der Waals surface area contributed by atoms with Gasteiger partial charge in [0.2, 0.25) is 0 Å². The number of H-pyrrole nitrogens is 1. The minimum absolute atomic E-state index is 0.342. The molecule has 36 heavy (non-hydrogen) atoms. The molecule has 6 rings (SSSR count). The Morgan fingerprint density at radius 3 is 2.58 bits per heavy atom. The number of anilines is 1. The minimum atomic E-state index is -0.435. The zero-order valence-electron chi connectivity index (χ0n) is 20.1. The van der Waals surface area contributed by atoms with Gasteiger partial charge >= 0.3 is 0 Å². The summed E-state index contributed by atoms with van der Waals surface area (Å²) in [4.78, 5) is 11.2. The average molecular weight is 526 g/mol. The van der Waals surface area contributed by atoms with Gasteiger partial charge in [-0.1, -0.05) is 23.2 Å². The number of hydrogen-bond acceptors (Lipinski definition) is 7. The summed E-state index contributed by atoms with van der Waals surface area (Å²) in [6.45, 7) is 7.42.